The normalized spacial score (nSPS) is 19.7. The number of hydrogen-bond acceptors (Lipinski definition) is 4. The van der Waals surface area contributed by atoms with Crippen LogP contribution in [0.5, 0.6) is 0 Å². The Balaban J connectivity index is 1.47. The Morgan fingerprint density at radius 1 is 1.10 bits per heavy atom. The highest BCUT2D eigenvalue weighted by Gasteiger charge is 2.27. The molecule has 2 fully saturated rings. The predicted octanol–water partition coefficient (Wildman–Crippen LogP) is 2.83. The van der Waals surface area contributed by atoms with Gasteiger partial charge >= 0.3 is 0 Å². The van der Waals surface area contributed by atoms with E-state index in [1.165, 1.54) is 12.8 Å². The van der Waals surface area contributed by atoms with E-state index in [0.29, 0.717) is 13.1 Å². The van der Waals surface area contributed by atoms with Gasteiger partial charge in [0.05, 0.1) is 12.6 Å². The maximum Gasteiger partial charge on any atom is 0.234 e. The van der Waals surface area contributed by atoms with Crippen molar-refractivity contribution >= 4 is 23.4 Å². The van der Waals surface area contributed by atoms with Crippen LogP contribution in [0.15, 0.2) is 24.3 Å². The summed E-state index contributed by atoms with van der Waals surface area (Å²) >= 11 is 6.46. The Bertz CT molecular complexity index is 713. The van der Waals surface area contributed by atoms with Gasteiger partial charge in [-0.1, -0.05) is 43.6 Å². The van der Waals surface area contributed by atoms with Gasteiger partial charge in [0.1, 0.15) is 0 Å². The molecule has 2 heterocycles. The van der Waals surface area contributed by atoms with Crippen molar-refractivity contribution in [2.24, 2.45) is 5.92 Å². The first kappa shape index (κ1) is 23.0. The topological polar surface area (TPSA) is 64.7 Å². The summed E-state index contributed by atoms with van der Waals surface area (Å²) in [5.41, 5.74) is 1.09. The third-order valence-corrected chi connectivity index (χ3v) is 6.51. The first-order valence-corrected chi connectivity index (χ1v) is 11.6. The number of rotatable bonds is 8. The SMILES string of the molecule is CC(C)C(=O)NC1CCN(CC(=O)NCC(c2ccccc2Cl)N2CCCC2)CC1. The van der Waals surface area contributed by atoms with E-state index in [9.17, 15) is 9.59 Å². The lowest BCUT2D eigenvalue weighted by atomic mass is 10.0. The first-order valence-electron chi connectivity index (χ1n) is 11.2. The van der Waals surface area contributed by atoms with Crippen molar-refractivity contribution in [1.82, 2.24) is 20.4 Å². The van der Waals surface area contributed by atoms with Crippen LogP contribution >= 0.6 is 11.6 Å². The van der Waals surface area contributed by atoms with Crippen LogP contribution in [-0.4, -0.2) is 66.9 Å². The molecule has 1 aromatic carbocycles. The molecule has 0 radical (unpaired) electrons. The van der Waals surface area contributed by atoms with Gasteiger partial charge in [-0.2, -0.15) is 0 Å². The van der Waals surface area contributed by atoms with Crippen molar-refractivity contribution in [2.75, 3.05) is 39.3 Å². The number of halogens is 1. The number of piperidine rings is 1. The molecule has 2 amide bonds. The van der Waals surface area contributed by atoms with Gasteiger partial charge in [-0.25, -0.2) is 0 Å². The number of nitrogens with one attached hydrogen (secondary N) is 2. The average molecular weight is 435 g/mol. The van der Waals surface area contributed by atoms with Crippen molar-refractivity contribution in [3.8, 4) is 0 Å². The molecule has 1 unspecified atom stereocenters. The quantitative estimate of drug-likeness (QED) is 0.660. The van der Waals surface area contributed by atoms with Gasteiger partial charge in [0.25, 0.3) is 0 Å². The molecule has 0 saturated carbocycles. The van der Waals surface area contributed by atoms with Gasteiger partial charge in [-0.3, -0.25) is 19.4 Å². The molecule has 30 heavy (non-hydrogen) atoms. The van der Waals surface area contributed by atoms with Crippen molar-refractivity contribution in [1.29, 1.82) is 0 Å². The molecular weight excluding hydrogens is 400 g/mol. The van der Waals surface area contributed by atoms with E-state index in [1.807, 2.05) is 32.0 Å². The first-order chi connectivity index (χ1) is 14.4. The lowest BCUT2D eigenvalue weighted by Gasteiger charge is -2.33. The summed E-state index contributed by atoms with van der Waals surface area (Å²) in [4.78, 5) is 29.1. The lowest BCUT2D eigenvalue weighted by Crippen LogP contribution is -2.48. The van der Waals surface area contributed by atoms with Gasteiger partial charge in [0.2, 0.25) is 11.8 Å². The molecule has 0 bridgehead atoms. The molecule has 1 aromatic rings. The van der Waals surface area contributed by atoms with E-state index in [1.54, 1.807) is 0 Å². The second-order valence-electron chi connectivity index (χ2n) is 8.80. The minimum absolute atomic E-state index is 0.00970. The van der Waals surface area contributed by atoms with Gasteiger partial charge < -0.3 is 10.6 Å². The maximum absolute atomic E-state index is 12.6. The van der Waals surface area contributed by atoms with E-state index < -0.39 is 0 Å². The Kier molecular flexibility index (Phi) is 8.54. The Morgan fingerprint density at radius 3 is 2.40 bits per heavy atom. The zero-order valence-electron chi connectivity index (χ0n) is 18.2. The zero-order chi connectivity index (χ0) is 21.5. The summed E-state index contributed by atoms with van der Waals surface area (Å²) in [5.74, 6) is 0.171. The number of amides is 2. The predicted molar refractivity (Wildman–Crippen MR) is 120 cm³/mol. The third-order valence-electron chi connectivity index (χ3n) is 6.16. The highest BCUT2D eigenvalue weighted by Crippen LogP contribution is 2.29. The molecule has 0 aliphatic carbocycles. The number of carbonyl (C=O) groups is 2. The summed E-state index contributed by atoms with van der Waals surface area (Å²) in [6.45, 7) is 8.54. The summed E-state index contributed by atoms with van der Waals surface area (Å²) in [6.07, 6.45) is 4.16. The Hall–Kier alpha value is -1.63. The van der Waals surface area contributed by atoms with Crippen LogP contribution in [0, 0.1) is 5.92 Å². The molecule has 0 spiro atoms. The Labute approximate surface area is 185 Å². The second kappa shape index (κ2) is 11.1. The largest absolute Gasteiger partial charge is 0.353 e. The molecule has 2 aliphatic heterocycles. The number of carbonyl (C=O) groups excluding carboxylic acids is 2. The molecule has 2 saturated heterocycles. The monoisotopic (exact) mass is 434 g/mol. The van der Waals surface area contributed by atoms with Crippen LogP contribution in [0.25, 0.3) is 0 Å². The average Bonchev–Trinajstić information content (AvgIpc) is 3.25. The van der Waals surface area contributed by atoms with E-state index in [2.05, 4.69) is 26.5 Å². The highest BCUT2D eigenvalue weighted by atomic mass is 35.5. The number of likely N-dealkylation sites (tertiary alicyclic amines) is 2. The van der Waals surface area contributed by atoms with Gasteiger partial charge in [0, 0.05) is 36.6 Å². The summed E-state index contributed by atoms with van der Waals surface area (Å²) in [7, 11) is 0. The molecule has 0 aromatic heterocycles. The van der Waals surface area contributed by atoms with Crippen LogP contribution in [-0.2, 0) is 9.59 Å². The van der Waals surface area contributed by atoms with Crippen LogP contribution < -0.4 is 10.6 Å². The fraction of sp³-hybridized carbons (Fsp3) is 0.652. The summed E-state index contributed by atoms with van der Waals surface area (Å²) < 4.78 is 0. The summed E-state index contributed by atoms with van der Waals surface area (Å²) in [6, 6.07) is 8.27. The van der Waals surface area contributed by atoms with Crippen LogP contribution in [0.4, 0.5) is 0 Å². The number of hydrogen-bond donors (Lipinski definition) is 2. The molecule has 1 atom stereocenters. The molecule has 2 N–H and O–H groups in total. The summed E-state index contributed by atoms with van der Waals surface area (Å²) in [5, 5.41) is 7.00. The van der Waals surface area contributed by atoms with E-state index in [4.69, 9.17) is 11.6 Å². The number of benzene rings is 1. The smallest absolute Gasteiger partial charge is 0.234 e. The zero-order valence-corrected chi connectivity index (χ0v) is 19.0. The Morgan fingerprint density at radius 2 is 1.77 bits per heavy atom. The molecule has 7 heteroatoms. The molecule has 2 aliphatic rings. The molecule has 6 nitrogen and oxygen atoms in total. The van der Waals surface area contributed by atoms with Gasteiger partial charge in [-0.05, 0) is 50.4 Å². The van der Waals surface area contributed by atoms with Crippen molar-refractivity contribution in [2.45, 2.75) is 51.6 Å². The lowest BCUT2D eigenvalue weighted by molar-refractivity contribution is -0.126. The van der Waals surface area contributed by atoms with Gasteiger partial charge in [0.15, 0.2) is 0 Å². The highest BCUT2D eigenvalue weighted by molar-refractivity contribution is 6.31. The van der Waals surface area contributed by atoms with Crippen LogP contribution in [0.1, 0.15) is 51.1 Å². The van der Waals surface area contributed by atoms with Crippen LogP contribution in [0.3, 0.4) is 0 Å². The maximum atomic E-state index is 12.6. The molecule has 3 rings (SSSR count). The van der Waals surface area contributed by atoms with Crippen LogP contribution in [0.2, 0.25) is 5.02 Å². The fourth-order valence-electron chi connectivity index (χ4n) is 4.31. The standard InChI is InChI=1S/C23H35ClN4O2/c1-17(2)23(30)26-18-9-13-27(14-10-18)16-22(29)25-15-21(28-11-5-6-12-28)19-7-3-4-8-20(19)24/h3-4,7-8,17-18,21H,5-6,9-16H2,1-2H3,(H,25,29)(H,26,30). The van der Waals surface area contributed by atoms with Crippen molar-refractivity contribution in [3.63, 3.8) is 0 Å². The number of nitrogens with zero attached hydrogens (tertiary/aromatic N) is 2. The third kappa shape index (κ3) is 6.43. The minimum atomic E-state index is 0.00970. The van der Waals surface area contributed by atoms with E-state index in [0.717, 1.165) is 49.6 Å². The fourth-order valence-corrected chi connectivity index (χ4v) is 4.57. The molecule has 166 valence electrons. The second-order valence-corrected chi connectivity index (χ2v) is 9.21. The van der Waals surface area contributed by atoms with E-state index >= 15 is 0 Å². The minimum Gasteiger partial charge on any atom is -0.353 e. The van der Waals surface area contributed by atoms with Crippen molar-refractivity contribution in [3.05, 3.63) is 34.9 Å². The van der Waals surface area contributed by atoms with E-state index in [-0.39, 0.29) is 29.8 Å². The molecular formula is C23H35ClN4O2. The van der Waals surface area contributed by atoms with Crippen molar-refractivity contribution < 1.29 is 9.59 Å². The van der Waals surface area contributed by atoms with Gasteiger partial charge in [-0.15, -0.1) is 0 Å².